The van der Waals surface area contributed by atoms with Gasteiger partial charge in [-0.3, -0.25) is 9.59 Å². The monoisotopic (exact) mass is 347 g/mol. The summed E-state index contributed by atoms with van der Waals surface area (Å²) in [4.78, 5) is 29.2. The van der Waals surface area contributed by atoms with Crippen molar-refractivity contribution in [1.29, 1.82) is 0 Å². The molecule has 0 aliphatic carbocycles. The Morgan fingerprint density at radius 3 is 2.54 bits per heavy atom. The van der Waals surface area contributed by atoms with Crippen LogP contribution in [0.2, 0.25) is 0 Å². The number of anilines is 1. The van der Waals surface area contributed by atoms with Crippen LogP contribution in [0.25, 0.3) is 0 Å². The van der Waals surface area contributed by atoms with Gasteiger partial charge >= 0.3 is 0 Å². The minimum absolute atomic E-state index is 0.00800. The molecule has 7 heteroatoms. The predicted molar refractivity (Wildman–Crippen MR) is 94.4 cm³/mol. The SMILES string of the molecule is Cc1csc(CCC(=O)Nc2ccc(OCC(=O)N(C)C)cc2)n1. The first-order chi connectivity index (χ1) is 11.4. The number of hydrogen-bond acceptors (Lipinski definition) is 5. The summed E-state index contributed by atoms with van der Waals surface area (Å²) < 4.78 is 5.39. The van der Waals surface area contributed by atoms with Gasteiger partial charge in [0.2, 0.25) is 5.91 Å². The van der Waals surface area contributed by atoms with Crippen molar-refractivity contribution < 1.29 is 14.3 Å². The fraction of sp³-hybridized carbons (Fsp3) is 0.353. The summed E-state index contributed by atoms with van der Waals surface area (Å²) in [6.07, 6.45) is 1.03. The van der Waals surface area contributed by atoms with Crippen LogP contribution in [0.5, 0.6) is 5.75 Å². The van der Waals surface area contributed by atoms with Crippen molar-refractivity contribution in [2.24, 2.45) is 0 Å². The van der Waals surface area contributed by atoms with E-state index in [1.165, 1.54) is 4.90 Å². The van der Waals surface area contributed by atoms with Gasteiger partial charge in [0.05, 0.1) is 5.01 Å². The second-order valence-electron chi connectivity index (χ2n) is 5.53. The van der Waals surface area contributed by atoms with Gasteiger partial charge in [-0.25, -0.2) is 4.98 Å². The molecule has 1 heterocycles. The maximum Gasteiger partial charge on any atom is 0.259 e. The Balaban J connectivity index is 1.78. The molecule has 1 aromatic carbocycles. The van der Waals surface area contributed by atoms with E-state index in [0.717, 1.165) is 10.7 Å². The third kappa shape index (κ3) is 5.66. The lowest BCUT2D eigenvalue weighted by Gasteiger charge is -2.11. The number of thiazole rings is 1. The van der Waals surface area contributed by atoms with Crippen molar-refractivity contribution in [2.75, 3.05) is 26.0 Å². The Bertz CT molecular complexity index is 695. The van der Waals surface area contributed by atoms with E-state index in [1.54, 1.807) is 49.7 Å². The highest BCUT2D eigenvalue weighted by molar-refractivity contribution is 7.09. The molecule has 0 saturated heterocycles. The number of amides is 2. The highest BCUT2D eigenvalue weighted by Gasteiger charge is 2.07. The van der Waals surface area contributed by atoms with Crippen LogP contribution in [0.1, 0.15) is 17.1 Å². The first kappa shape index (κ1) is 17.9. The lowest BCUT2D eigenvalue weighted by Crippen LogP contribution is -2.27. The third-order valence-corrected chi connectivity index (χ3v) is 4.26. The van der Waals surface area contributed by atoms with E-state index in [9.17, 15) is 9.59 Å². The van der Waals surface area contributed by atoms with E-state index >= 15 is 0 Å². The number of carbonyl (C=O) groups is 2. The molecular formula is C17H21N3O3S. The standard InChI is InChI=1S/C17H21N3O3S/c1-12-11-24-16(18-12)9-8-15(21)19-13-4-6-14(7-5-13)23-10-17(22)20(2)3/h4-7,11H,8-10H2,1-3H3,(H,19,21). The molecule has 6 nitrogen and oxygen atoms in total. The van der Waals surface area contributed by atoms with E-state index < -0.39 is 0 Å². The molecule has 2 amide bonds. The molecule has 0 fully saturated rings. The summed E-state index contributed by atoms with van der Waals surface area (Å²) in [7, 11) is 3.36. The topological polar surface area (TPSA) is 71.5 Å². The molecule has 128 valence electrons. The first-order valence-corrected chi connectivity index (χ1v) is 8.46. The average molecular weight is 347 g/mol. The van der Waals surface area contributed by atoms with Crippen molar-refractivity contribution in [2.45, 2.75) is 19.8 Å². The number of aromatic nitrogens is 1. The molecule has 0 saturated carbocycles. The van der Waals surface area contributed by atoms with Gasteiger partial charge in [0.25, 0.3) is 5.91 Å². The molecule has 1 N–H and O–H groups in total. The van der Waals surface area contributed by atoms with Gasteiger partial charge in [0.1, 0.15) is 5.75 Å². The van der Waals surface area contributed by atoms with Crippen LogP contribution < -0.4 is 10.1 Å². The summed E-state index contributed by atoms with van der Waals surface area (Å²) in [5, 5.41) is 5.79. The number of nitrogens with zero attached hydrogens (tertiary/aromatic N) is 2. The molecule has 0 aliphatic rings. The lowest BCUT2D eigenvalue weighted by atomic mass is 10.2. The smallest absolute Gasteiger partial charge is 0.259 e. The highest BCUT2D eigenvalue weighted by Crippen LogP contribution is 2.16. The Morgan fingerprint density at radius 1 is 1.25 bits per heavy atom. The van der Waals surface area contributed by atoms with Crippen molar-refractivity contribution in [1.82, 2.24) is 9.88 Å². The van der Waals surface area contributed by atoms with Gasteiger partial charge in [0, 0.05) is 43.7 Å². The molecule has 2 aromatic rings. The number of hydrogen-bond donors (Lipinski definition) is 1. The van der Waals surface area contributed by atoms with E-state index in [-0.39, 0.29) is 18.4 Å². The largest absolute Gasteiger partial charge is 0.484 e. The average Bonchev–Trinajstić information content (AvgIpc) is 2.97. The molecule has 24 heavy (non-hydrogen) atoms. The number of likely N-dealkylation sites (N-methyl/N-ethyl adjacent to an activating group) is 1. The minimum Gasteiger partial charge on any atom is -0.484 e. The molecule has 0 radical (unpaired) electrons. The molecule has 0 aliphatic heterocycles. The fourth-order valence-corrected chi connectivity index (χ4v) is 2.65. The van der Waals surface area contributed by atoms with Crippen LogP contribution in [-0.2, 0) is 16.0 Å². The first-order valence-electron chi connectivity index (χ1n) is 7.58. The molecule has 1 aromatic heterocycles. The Morgan fingerprint density at radius 2 is 1.96 bits per heavy atom. The van der Waals surface area contributed by atoms with E-state index in [4.69, 9.17) is 4.74 Å². The van der Waals surface area contributed by atoms with Crippen LogP contribution >= 0.6 is 11.3 Å². The van der Waals surface area contributed by atoms with Crippen LogP contribution in [0.15, 0.2) is 29.6 Å². The second-order valence-corrected chi connectivity index (χ2v) is 6.47. The van der Waals surface area contributed by atoms with Crippen molar-refractivity contribution in [3.05, 3.63) is 40.3 Å². The molecule has 2 rings (SSSR count). The van der Waals surface area contributed by atoms with Crippen molar-refractivity contribution in [3.8, 4) is 5.75 Å². The lowest BCUT2D eigenvalue weighted by molar-refractivity contribution is -0.130. The quantitative estimate of drug-likeness (QED) is 0.835. The van der Waals surface area contributed by atoms with Gasteiger partial charge in [-0.15, -0.1) is 11.3 Å². The van der Waals surface area contributed by atoms with E-state index in [1.807, 2.05) is 12.3 Å². The molecule has 0 spiro atoms. The van der Waals surface area contributed by atoms with E-state index in [0.29, 0.717) is 24.3 Å². The number of nitrogens with one attached hydrogen (secondary N) is 1. The van der Waals surface area contributed by atoms with Crippen molar-refractivity contribution in [3.63, 3.8) is 0 Å². The highest BCUT2D eigenvalue weighted by atomic mass is 32.1. The zero-order chi connectivity index (χ0) is 17.5. The number of ether oxygens (including phenoxy) is 1. The minimum atomic E-state index is -0.107. The normalized spacial score (nSPS) is 10.3. The summed E-state index contributed by atoms with van der Waals surface area (Å²) in [6, 6.07) is 6.95. The van der Waals surface area contributed by atoms with Gasteiger partial charge in [0.15, 0.2) is 6.61 Å². The van der Waals surface area contributed by atoms with Gasteiger partial charge in [-0.2, -0.15) is 0 Å². The number of aryl methyl sites for hydroxylation is 2. The van der Waals surface area contributed by atoms with Crippen molar-refractivity contribution >= 4 is 28.8 Å². The van der Waals surface area contributed by atoms with Gasteiger partial charge in [-0.05, 0) is 31.2 Å². The van der Waals surface area contributed by atoms with Crippen LogP contribution in [0, 0.1) is 6.92 Å². The number of carbonyl (C=O) groups excluding carboxylic acids is 2. The number of benzene rings is 1. The molecule has 0 atom stereocenters. The Labute approximate surface area is 145 Å². The zero-order valence-electron chi connectivity index (χ0n) is 14.0. The predicted octanol–water partition coefficient (Wildman–Crippen LogP) is 2.49. The van der Waals surface area contributed by atoms with Gasteiger partial charge < -0.3 is 15.0 Å². The zero-order valence-corrected chi connectivity index (χ0v) is 14.9. The molecule has 0 unspecified atom stereocenters. The summed E-state index contributed by atoms with van der Waals surface area (Å²) >= 11 is 1.57. The summed E-state index contributed by atoms with van der Waals surface area (Å²) in [5.41, 5.74) is 1.68. The van der Waals surface area contributed by atoms with Crippen LogP contribution in [0.4, 0.5) is 5.69 Å². The van der Waals surface area contributed by atoms with Crippen LogP contribution in [0.3, 0.4) is 0 Å². The maximum absolute atomic E-state index is 12.0. The molecular weight excluding hydrogens is 326 g/mol. The summed E-state index contributed by atoms with van der Waals surface area (Å²) in [5.74, 6) is 0.422. The molecule has 0 bridgehead atoms. The summed E-state index contributed by atoms with van der Waals surface area (Å²) in [6.45, 7) is 1.93. The Kier molecular flexibility index (Phi) is 6.31. The van der Waals surface area contributed by atoms with Gasteiger partial charge in [-0.1, -0.05) is 0 Å². The second kappa shape index (κ2) is 8.44. The fourth-order valence-electron chi connectivity index (χ4n) is 1.87. The third-order valence-electron chi connectivity index (χ3n) is 3.23. The van der Waals surface area contributed by atoms with E-state index in [2.05, 4.69) is 10.3 Å². The van der Waals surface area contributed by atoms with Crippen LogP contribution in [-0.4, -0.2) is 42.4 Å². The number of rotatable bonds is 7. The maximum atomic E-state index is 12.0. The Hall–Kier alpha value is -2.41.